The van der Waals surface area contributed by atoms with Crippen molar-refractivity contribution in [2.75, 3.05) is 0 Å². The molecule has 84 valence electrons. The number of nitrogens with two attached hydrogens (primary N) is 1. The molecule has 2 N–H and O–H groups in total. The zero-order valence-electron chi connectivity index (χ0n) is 9.10. The highest BCUT2D eigenvalue weighted by Gasteiger charge is 2.07. The van der Waals surface area contributed by atoms with E-state index in [-0.39, 0.29) is 11.3 Å². The van der Waals surface area contributed by atoms with Crippen LogP contribution in [0.2, 0.25) is 0 Å². The van der Waals surface area contributed by atoms with Crippen LogP contribution in [0, 0.1) is 0 Å². The second kappa shape index (κ2) is 9.32. The zero-order valence-corrected chi connectivity index (χ0v) is 9.85. The highest BCUT2D eigenvalue weighted by Crippen LogP contribution is 2.13. The van der Waals surface area contributed by atoms with Gasteiger partial charge in [0.2, 0.25) is 5.91 Å². The maximum atomic E-state index is 10.5. The molecule has 0 aliphatic heterocycles. The van der Waals surface area contributed by atoms with Crippen LogP contribution in [0.1, 0.15) is 58.3 Å². The summed E-state index contributed by atoms with van der Waals surface area (Å²) >= 11 is 5.92. The van der Waals surface area contributed by atoms with Gasteiger partial charge >= 0.3 is 0 Å². The Labute approximate surface area is 92.2 Å². The van der Waals surface area contributed by atoms with Gasteiger partial charge in [-0.05, 0) is 6.42 Å². The van der Waals surface area contributed by atoms with Gasteiger partial charge in [0.25, 0.3) is 0 Å². The molecule has 0 aliphatic carbocycles. The third-order valence-corrected chi connectivity index (χ3v) is 2.67. The molecule has 2 nitrogen and oxygen atoms in total. The predicted molar refractivity (Wildman–Crippen MR) is 61.4 cm³/mol. The Bertz CT molecular complexity index is 150. The molecule has 0 radical (unpaired) electrons. The van der Waals surface area contributed by atoms with E-state index in [1.54, 1.807) is 0 Å². The van der Waals surface area contributed by atoms with Crippen LogP contribution in [0.4, 0.5) is 0 Å². The fourth-order valence-electron chi connectivity index (χ4n) is 1.47. The van der Waals surface area contributed by atoms with E-state index < -0.39 is 0 Å². The van der Waals surface area contributed by atoms with Gasteiger partial charge in [0.1, 0.15) is 0 Å². The molecule has 3 heteroatoms. The first-order chi connectivity index (χ1) is 6.66. The number of carbonyl (C=O) groups excluding carboxylic acids is 1. The van der Waals surface area contributed by atoms with Crippen LogP contribution in [0.25, 0.3) is 0 Å². The first kappa shape index (κ1) is 13.8. The summed E-state index contributed by atoms with van der Waals surface area (Å²) in [5.74, 6) is -0.295. The summed E-state index contributed by atoms with van der Waals surface area (Å²) < 4.78 is 0. The Morgan fingerprint density at radius 3 is 2.36 bits per heavy atom. The van der Waals surface area contributed by atoms with Gasteiger partial charge < -0.3 is 5.73 Å². The van der Waals surface area contributed by atoms with Crippen molar-refractivity contribution in [2.24, 2.45) is 5.73 Å². The lowest BCUT2D eigenvalue weighted by Crippen LogP contribution is -2.16. The largest absolute Gasteiger partial charge is 0.370 e. The van der Waals surface area contributed by atoms with E-state index in [0.717, 1.165) is 12.8 Å². The summed E-state index contributed by atoms with van der Waals surface area (Å²) in [6.45, 7) is 2.21. The normalized spacial score (nSPS) is 12.7. The smallest absolute Gasteiger partial charge is 0.218 e. The summed E-state index contributed by atoms with van der Waals surface area (Å²) in [6, 6.07) is 0. The van der Waals surface area contributed by atoms with Crippen molar-refractivity contribution in [2.45, 2.75) is 63.7 Å². The molecule has 0 fully saturated rings. The Balaban J connectivity index is 3.14. The van der Waals surface area contributed by atoms with Gasteiger partial charge in [-0.25, -0.2) is 0 Å². The van der Waals surface area contributed by atoms with E-state index in [2.05, 4.69) is 6.92 Å². The predicted octanol–water partition coefficient (Wildman–Crippen LogP) is 3.22. The molecule has 0 aromatic heterocycles. The number of rotatable bonds is 9. The second-order valence-corrected chi connectivity index (χ2v) is 4.44. The lowest BCUT2D eigenvalue weighted by Gasteiger charge is -2.06. The molecule has 0 bridgehead atoms. The standard InChI is InChI=1S/C11H22ClNO/c1-2-3-4-5-6-7-8-10(12)9-11(13)14/h10H,2-9H2,1H3,(H2,13,14). The molecule has 1 amide bonds. The van der Waals surface area contributed by atoms with E-state index in [0.29, 0.717) is 6.42 Å². The number of carbonyl (C=O) groups is 1. The molecule has 0 rings (SSSR count). The van der Waals surface area contributed by atoms with Crippen molar-refractivity contribution in [1.82, 2.24) is 0 Å². The number of unbranched alkanes of at least 4 members (excludes halogenated alkanes) is 5. The molecule has 0 saturated heterocycles. The molecular formula is C11H22ClNO. The fraction of sp³-hybridized carbons (Fsp3) is 0.909. The van der Waals surface area contributed by atoms with Gasteiger partial charge in [0, 0.05) is 11.8 Å². The maximum absolute atomic E-state index is 10.5. The fourth-order valence-corrected chi connectivity index (χ4v) is 1.77. The number of alkyl halides is 1. The van der Waals surface area contributed by atoms with E-state index in [4.69, 9.17) is 17.3 Å². The Morgan fingerprint density at radius 2 is 1.79 bits per heavy atom. The van der Waals surface area contributed by atoms with Gasteiger partial charge in [0.15, 0.2) is 0 Å². The zero-order chi connectivity index (χ0) is 10.8. The maximum Gasteiger partial charge on any atom is 0.218 e. The molecule has 1 atom stereocenters. The average molecular weight is 220 g/mol. The van der Waals surface area contributed by atoms with Crippen molar-refractivity contribution in [1.29, 1.82) is 0 Å². The molecule has 0 aliphatic rings. The second-order valence-electron chi connectivity index (χ2n) is 3.82. The van der Waals surface area contributed by atoms with Gasteiger partial charge in [-0.1, -0.05) is 45.4 Å². The van der Waals surface area contributed by atoms with E-state index in [1.165, 1.54) is 32.1 Å². The molecule has 0 aromatic carbocycles. The minimum absolute atomic E-state index is 0.0568. The van der Waals surface area contributed by atoms with Crippen LogP contribution in [0.15, 0.2) is 0 Å². The van der Waals surface area contributed by atoms with Gasteiger partial charge in [-0.2, -0.15) is 0 Å². The van der Waals surface area contributed by atoms with Crippen LogP contribution in [-0.4, -0.2) is 11.3 Å². The summed E-state index contributed by atoms with van der Waals surface area (Å²) in [7, 11) is 0. The average Bonchev–Trinajstić information content (AvgIpc) is 2.10. The highest BCUT2D eigenvalue weighted by atomic mass is 35.5. The molecule has 0 aromatic rings. The third-order valence-electron chi connectivity index (χ3n) is 2.29. The summed E-state index contributed by atoms with van der Waals surface area (Å²) in [6.07, 6.45) is 8.78. The van der Waals surface area contributed by atoms with Gasteiger partial charge in [-0.15, -0.1) is 11.6 Å². The lowest BCUT2D eigenvalue weighted by molar-refractivity contribution is -0.118. The number of hydrogen-bond donors (Lipinski definition) is 1. The van der Waals surface area contributed by atoms with E-state index >= 15 is 0 Å². The molecular weight excluding hydrogens is 198 g/mol. The number of amides is 1. The number of hydrogen-bond acceptors (Lipinski definition) is 1. The first-order valence-corrected chi connectivity index (χ1v) is 6.02. The topological polar surface area (TPSA) is 43.1 Å². The Hall–Kier alpha value is -0.240. The Morgan fingerprint density at radius 1 is 1.21 bits per heavy atom. The van der Waals surface area contributed by atoms with Crippen molar-refractivity contribution >= 4 is 17.5 Å². The molecule has 0 spiro atoms. The monoisotopic (exact) mass is 219 g/mol. The van der Waals surface area contributed by atoms with Crippen LogP contribution < -0.4 is 5.73 Å². The molecule has 14 heavy (non-hydrogen) atoms. The number of halogens is 1. The molecule has 0 heterocycles. The van der Waals surface area contributed by atoms with Crippen LogP contribution in [-0.2, 0) is 4.79 Å². The number of primary amides is 1. The van der Waals surface area contributed by atoms with Crippen molar-refractivity contribution in [3.63, 3.8) is 0 Å². The lowest BCUT2D eigenvalue weighted by atomic mass is 10.1. The quantitative estimate of drug-likeness (QED) is 0.470. The van der Waals surface area contributed by atoms with Crippen molar-refractivity contribution < 1.29 is 4.79 Å². The summed E-state index contributed by atoms with van der Waals surface area (Å²) in [5, 5.41) is -0.0568. The first-order valence-electron chi connectivity index (χ1n) is 5.59. The van der Waals surface area contributed by atoms with Crippen LogP contribution in [0.5, 0.6) is 0 Å². The summed E-state index contributed by atoms with van der Waals surface area (Å²) in [5.41, 5.74) is 5.04. The Kier molecular flexibility index (Phi) is 9.16. The van der Waals surface area contributed by atoms with E-state index in [1.807, 2.05) is 0 Å². The third kappa shape index (κ3) is 9.85. The minimum Gasteiger partial charge on any atom is -0.370 e. The summed E-state index contributed by atoms with van der Waals surface area (Å²) in [4.78, 5) is 10.5. The molecule has 1 unspecified atom stereocenters. The molecule has 0 saturated carbocycles. The van der Waals surface area contributed by atoms with Crippen molar-refractivity contribution in [3.8, 4) is 0 Å². The van der Waals surface area contributed by atoms with Crippen molar-refractivity contribution in [3.05, 3.63) is 0 Å². The van der Waals surface area contributed by atoms with Crippen LogP contribution >= 0.6 is 11.6 Å². The highest BCUT2D eigenvalue weighted by molar-refractivity contribution is 6.21. The minimum atomic E-state index is -0.295. The van der Waals surface area contributed by atoms with Gasteiger partial charge in [0.05, 0.1) is 0 Å². The SMILES string of the molecule is CCCCCCCCC(Cl)CC(N)=O. The van der Waals surface area contributed by atoms with Gasteiger partial charge in [-0.3, -0.25) is 4.79 Å². The van der Waals surface area contributed by atoms with Crippen LogP contribution in [0.3, 0.4) is 0 Å². The van der Waals surface area contributed by atoms with E-state index in [9.17, 15) is 4.79 Å².